The third-order valence-corrected chi connectivity index (χ3v) is 5.05. The maximum absolute atomic E-state index is 12.7. The van der Waals surface area contributed by atoms with Gasteiger partial charge in [-0.2, -0.15) is 5.10 Å². The van der Waals surface area contributed by atoms with Crippen LogP contribution in [-0.2, 0) is 4.79 Å². The molecule has 1 saturated heterocycles. The van der Waals surface area contributed by atoms with E-state index < -0.39 is 0 Å². The summed E-state index contributed by atoms with van der Waals surface area (Å²) >= 11 is 0. The van der Waals surface area contributed by atoms with Crippen molar-refractivity contribution in [3.63, 3.8) is 0 Å². The summed E-state index contributed by atoms with van der Waals surface area (Å²) in [6.07, 6.45) is 3.87. The second-order valence-corrected chi connectivity index (χ2v) is 8.82. The lowest BCUT2D eigenvalue weighted by Crippen LogP contribution is -2.44. The molecule has 0 N–H and O–H groups in total. The van der Waals surface area contributed by atoms with Crippen LogP contribution in [-0.4, -0.2) is 43.6 Å². The Morgan fingerprint density at radius 1 is 1.26 bits per heavy atom. The molecule has 3 rings (SSSR count). The van der Waals surface area contributed by atoms with Crippen molar-refractivity contribution in [1.82, 2.24) is 24.6 Å². The Hall–Kier alpha value is -2.24. The molecule has 0 radical (unpaired) electrons. The minimum absolute atomic E-state index is 0.219. The van der Waals surface area contributed by atoms with Gasteiger partial charge in [0.1, 0.15) is 5.82 Å². The third kappa shape index (κ3) is 4.20. The van der Waals surface area contributed by atoms with Crippen LogP contribution in [0.4, 0.5) is 0 Å². The van der Waals surface area contributed by atoms with E-state index in [1.54, 1.807) is 0 Å². The summed E-state index contributed by atoms with van der Waals surface area (Å²) in [5, 5.41) is 4.43. The maximum atomic E-state index is 12.7. The van der Waals surface area contributed by atoms with E-state index in [-0.39, 0.29) is 23.3 Å². The second-order valence-electron chi connectivity index (χ2n) is 8.82. The number of nitrogens with zero attached hydrogens (tertiary/aromatic N) is 5. The van der Waals surface area contributed by atoms with Gasteiger partial charge in [-0.3, -0.25) is 9.48 Å². The fraction of sp³-hybridized carbons (Fsp3) is 0.619. The number of carbonyl (C=O) groups is 1. The van der Waals surface area contributed by atoms with Crippen LogP contribution < -0.4 is 0 Å². The van der Waals surface area contributed by atoms with E-state index in [2.05, 4.69) is 30.0 Å². The zero-order valence-electron chi connectivity index (χ0n) is 17.4. The van der Waals surface area contributed by atoms with Crippen LogP contribution in [0.25, 0.3) is 11.4 Å². The molecule has 6 nitrogen and oxygen atoms in total. The molecule has 2 aromatic rings. The number of likely N-dealkylation sites (tertiary alicyclic amines) is 1. The summed E-state index contributed by atoms with van der Waals surface area (Å²) in [6, 6.07) is 4.35. The highest BCUT2D eigenvalue weighted by molar-refractivity contribution is 5.81. The zero-order chi connectivity index (χ0) is 19.8. The van der Waals surface area contributed by atoms with E-state index in [0.717, 1.165) is 48.8 Å². The Kier molecular flexibility index (Phi) is 5.36. The molecule has 1 atom stereocenters. The SMILES string of the molecule is Cc1nc(-c2ccnn2C(C)C)cc(C2CCCN(C(=O)C(C)(C)C)C2)n1. The number of aromatic nitrogens is 4. The number of piperidine rings is 1. The molecule has 0 spiro atoms. The van der Waals surface area contributed by atoms with E-state index in [0.29, 0.717) is 0 Å². The van der Waals surface area contributed by atoms with Crippen LogP contribution in [0.1, 0.15) is 70.9 Å². The molecule has 0 aromatic carbocycles. The van der Waals surface area contributed by atoms with E-state index in [1.807, 2.05) is 49.5 Å². The van der Waals surface area contributed by atoms with Crippen molar-refractivity contribution in [1.29, 1.82) is 0 Å². The third-order valence-electron chi connectivity index (χ3n) is 5.05. The summed E-state index contributed by atoms with van der Waals surface area (Å²) in [6.45, 7) is 13.7. The first-order valence-electron chi connectivity index (χ1n) is 9.85. The van der Waals surface area contributed by atoms with Crippen LogP contribution >= 0.6 is 0 Å². The lowest BCUT2D eigenvalue weighted by Gasteiger charge is -2.36. The Morgan fingerprint density at radius 3 is 2.67 bits per heavy atom. The summed E-state index contributed by atoms with van der Waals surface area (Å²) in [4.78, 5) is 24.1. The highest BCUT2D eigenvalue weighted by Crippen LogP contribution is 2.31. The Morgan fingerprint density at radius 2 is 2.00 bits per heavy atom. The molecule has 146 valence electrons. The number of aryl methyl sites for hydroxylation is 1. The summed E-state index contributed by atoms with van der Waals surface area (Å²) < 4.78 is 1.99. The molecule has 0 saturated carbocycles. The van der Waals surface area contributed by atoms with Crippen LogP contribution in [0.15, 0.2) is 18.3 Å². The largest absolute Gasteiger partial charge is 0.342 e. The fourth-order valence-corrected chi connectivity index (χ4v) is 3.74. The van der Waals surface area contributed by atoms with E-state index in [1.165, 1.54) is 0 Å². The number of hydrogen-bond donors (Lipinski definition) is 0. The Bertz CT molecular complexity index is 818. The first kappa shape index (κ1) is 19.5. The standard InChI is InChI=1S/C21H31N5O/c1-14(2)26-19(9-10-22-26)18-12-17(23-15(3)24-18)16-8-7-11-25(13-16)20(27)21(4,5)6/h9-10,12,14,16H,7-8,11,13H2,1-6H3. The van der Waals surface area contributed by atoms with Crippen molar-refractivity contribution in [2.75, 3.05) is 13.1 Å². The Balaban J connectivity index is 1.90. The fourth-order valence-electron chi connectivity index (χ4n) is 3.74. The summed E-state index contributed by atoms with van der Waals surface area (Å²) in [5.41, 5.74) is 2.59. The van der Waals surface area contributed by atoms with Gasteiger partial charge < -0.3 is 4.90 Å². The molecule has 27 heavy (non-hydrogen) atoms. The van der Waals surface area contributed by atoms with E-state index >= 15 is 0 Å². The van der Waals surface area contributed by atoms with Crippen LogP contribution in [0, 0.1) is 12.3 Å². The van der Waals surface area contributed by atoms with Gasteiger partial charge in [-0.05, 0) is 45.7 Å². The molecule has 1 unspecified atom stereocenters. The predicted octanol–water partition coefficient (Wildman–Crippen LogP) is 3.98. The minimum Gasteiger partial charge on any atom is -0.342 e. The van der Waals surface area contributed by atoms with Gasteiger partial charge in [-0.15, -0.1) is 0 Å². The molecule has 0 bridgehead atoms. The summed E-state index contributed by atoms with van der Waals surface area (Å²) in [7, 11) is 0. The molecule has 6 heteroatoms. The number of hydrogen-bond acceptors (Lipinski definition) is 4. The lowest BCUT2D eigenvalue weighted by atomic mass is 9.89. The average Bonchev–Trinajstić information content (AvgIpc) is 3.10. The minimum atomic E-state index is -0.349. The number of carbonyl (C=O) groups excluding carboxylic acids is 1. The summed E-state index contributed by atoms with van der Waals surface area (Å²) in [5.74, 6) is 1.23. The molecule has 3 heterocycles. The highest BCUT2D eigenvalue weighted by atomic mass is 16.2. The first-order chi connectivity index (χ1) is 12.7. The van der Waals surface area contributed by atoms with Gasteiger partial charge in [-0.25, -0.2) is 9.97 Å². The van der Waals surface area contributed by atoms with Crippen molar-refractivity contribution in [2.24, 2.45) is 5.41 Å². The molecule has 1 aliphatic rings. The molecular formula is C21H31N5O. The average molecular weight is 370 g/mol. The molecule has 2 aromatic heterocycles. The van der Waals surface area contributed by atoms with Gasteiger partial charge in [0.15, 0.2) is 0 Å². The van der Waals surface area contributed by atoms with E-state index in [9.17, 15) is 4.79 Å². The van der Waals surface area contributed by atoms with Gasteiger partial charge in [0.2, 0.25) is 5.91 Å². The van der Waals surface area contributed by atoms with Gasteiger partial charge in [-0.1, -0.05) is 20.8 Å². The predicted molar refractivity (Wildman–Crippen MR) is 106 cm³/mol. The van der Waals surface area contributed by atoms with Crippen LogP contribution in [0.5, 0.6) is 0 Å². The monoisotopic (exact) mass is 369 g/mol. The van der Waals surface area contributed by atoms with Gasteiger partial charge >= 0.3 is 0 Å². The van der Waals surface area contributed by atoms with Crippen molar-refractivity contribution < 1.29 is 4.79 Å². The molecule has 0 aliphatic carbocycles. The first-order valence-corrected chi connectivity index (χ1v) is 9.85. The second kappa shape index (κ2) is 7.41. The molecule has 1 amide bonds. The van der Waals surface area contributed by atoms with Crippen molar-refractivity contribution in [3.8, 4) is 11.4 Å². The van der Waals surface area contributed by atoms with Crippen molar-refractivity contribution in [3.05, 3.63) is 29.8 Å². The quantitative estimate of drug-likeness (QED) is 0.821. The highest BCUT2D eigenvalue weighted by Gasteiger charge is 2.32. The number of amides is 1. The van der Waals surface area contributed by atoms with Gasteiger partial charge in [0, 0.05) is 42.4 Å². The van der Waals surface area contributed by atoms with Crippen molar-refractivity contribution in [2.45, 2.75) is 66.3 Å². The Labute approximate surface area is 162 Å². The van der Waals surface area contributed by atoms with Gasteiger partial charge in [0.25, 0.3) is 0 Å². The maximum Gasteiger partial charge on any atom is 0.227 e. The van der Waals surface area contributed by atoms with Crippen molar-refractivity contribution >= 4 is 5.91 Å². The smallest absolute Gasteiger partial charge is 0.227 e. The molecule has 1 aliphatic heterocycles. The normalized spacial score (nSPS) is 18.2. The molecular weight excluding hydrogens is 338 g/mol. The van der Waals surface area contributed by atoms with E-state index in [4.69, 9.17) is 4.98 Å². The van der Waals surface area contributed by atoms with Gasteiger partial charge in [0.05, 0.1) is 11.4 Å². The lowest BCUT2D eigenvalue weighted by molar-refractivity contribution is -0.140. The zero-order valence-corrected chi connectivity index (χ0v) is 17.4. The molecule has 1 fully saturated rings. The topological polar surface area (TPSA) is 63.9 Å². The van der Waals surface area contributed by atoms with Crippen LogP contribution in [0.3, 0.4) is 0 Å². The van der Waals surface area contributed by atoms with Crippen LogP contribution in [0.2, 0.25) is 0 Å². The number of rotatable bonds is 3.